The molecule has 0 bridgehead atoms. The van der Waals surface area contributed by atoms with Gasteiger partial charge in [0.2, 0.25) is 0 Å². The SMILES string of the molecule is CCN(CC)CCC(C)CCCN1CCOCC1. The average molecular weight is 256 g/mol. The fraction of sp³-hybridized carbons (Fsp3) is 1.00. The van der Waals surface area contributed by atoms with Crippen molar-refractivity contribution in [2.75, 3.05) is 52.5 Å². The van der Waals surface area contributed by atoms with Gasteiger partial charge in [-0.15, -0.1) is 0 Å². The summed E-state index contributed by atoms with van der Waals surface area (Å²) in [6.07, 6.45) is 4.07. The number of hydrogen-bond acceptors (Lipinski definition) is 3. The van der Waals surface area contributed by atoms with E-state index in [0.717, 1.165) is 32.2 Å². The minimum absolute atomic E-state index is 0.867. The zero-order valence-corrected chi connectivity index (χ0v) is 12.7. The maximum atomic E-state index is 5.37. The molecule has 1 unspecified atom stereocenters. The molecule has 0 N–H and O–H groups in total. The maximum absolute atomic E-state index is 5.37. The molecule has 0 aromatic heterocycles. The Morgan fingerprint density at radius 2 is 1.78 bits per heavy atom. The normalized spacial score (nSPS) is 19.3. The molecule has 18 heavy (non-hydrogen) atoms. The Labute approximate surface area is 113 Å². The van der Waals surface area contributed by atoms with Crippen molar-refractivity contribution in [3.63, 3.8) is 0 Å². The molecule has 1 aliphatic rings. The Bertz CT molecular complexity index is 189. The molecule has 108 valence electrons. The molecule has 0 aromatic carbocycles. The average Bonchev–Trinajstić information content (AvgIpc) is 2.41. The molecule has 1 saturated heterocycles. The highest BCUT2D eigenvalue weighted by molar-refractivity contribution is 4.64. The van der Waals surface area contributed by atoms with Gasteiger partial charge in [0, 0.05) is 13.1 Å². The predicted molar refractivity (Wildman–Crippen MR) is 78.1 cm³/mol. The van der Waals surface area contributed by atoms with Crippen molar-refractivity contribution in [2.24, 2.45) is 5.92 Å². The summed E-state index contributed by atoms with van der Waals surface area (Å²) in [5, 5.41) is 0. The van der Waals surface area contributed by atoms with Gasteiger partial charge in [-0.25, -0.2) is 0 Å². The van der Waals surface area contributed by atoms with E-state index in [2.05, 4.69) is 30.6 Å². The van der Waals surface area contributed by atoms with E-state index in [1.165, 1.54) is 45.4 Å². The van der Waals surface area contributed by atoms with Gasteiger partial charge >= 0.3 is 0 Å². The Morgan fingerprint density at radius 1 is 1.11 bits per heavy atom. The van der Waals surface area contributed by atoms with Gasteiger partial charge in [0.1, 0.15) is 0 Å². The van der Waals surface area contributed by atoms with E-state index in [0.29, 0.717) is 0 Å². The second kappa shape index (κ2) is 9.76. The Hall–Kier alpha value is -0.120. The molecule has 0 saturated carbocycles. The summed E-state index contributed by atoms with van der Waals surface area (Å²) in [5.74, 6) is 0.867. The second-order valence-corrected chi connectivity index (χ2v) is 5.52. The Kier molecular flexibility index (Phi) is 8.64. The van der Waals surface area contributed by atoms with Crippen molar-refractivity contribution in [3.05, 3.63) is 0 Å². The standard InChI is InChI=1S/C15H32N2O/c1-4-16(5-2)10-8-15(3)7-6-9-17-11-13-18-14-12-17/h15H,4-14H2,1-3H3. The zero-order valence-electron chi connectivity index (χ0n) is 12.7. The number of morpholine rings is 1. The smallest absolute Gasteiger partial charge is 0.0594 e. The van der Waals surface area contributed by atoms with Crippen molar-refractivity contribution in [1.82, 2.24) is 9.80 Å². The highest BCUT2D eigenvalue weighted by atomic mass is 16.5. The van der Waals surface area contributed by atoms with Crippen LogP contribution in [0.2, 0.25) is 0 Å². The summed E-state index contributed by atoms with van der Waals surface area (Å²) in [4.78, 5) is 5.07. The molecule has 1 fully saturated rings. The molecule has 0 amide bonds. The quantitative estimate of drug-likeness (QED) is 0.630. The van der Waals surface area contributed by atoms with Crippen molar-refractivity contribution in [3.8, 4) is 0 Å². The van der Waals surface area contributed by atoms with Crippen molar-refractivity contribution in [1.29, 1.82) is 0 Å². The molecule has 0 spiro atoms. The van der Waals surface area contributed by atoms with Gasteiger partial charge in [0.05, 0.1) is 13.2 Å². The van der Waals surface area contributed by atoms with E-state index in [4.69, 9.17) is 4.74 Å². The van der Waals surface area contributed by atoms with Gasteiger partial charge in [0.25, 0.3) is 0 Å². The fourth-order valence-corrected chi connectivity index (χ4v) is 2.58. The van der Waals surface area contributed by atoms with E-state index < -0.39 is 0 Å². The van der Waals surface area contributed by atoms with Crippen LogP contribution in [-0.4, -0.2) is 62.3 Å². The van der Waals surface area contributed by atoms with Crippen LogP contribution in [0.1, 0.15) is 40.0 Å². The topological polar surface area (TPSA) is 15.7 Å². The van der Waals surface area contributed by atoms with Gasteiger partial charge < -0.3 is 9.64 Å². The van der Waals surface area contributed by atoms with Crippen LogP contribution in [-0.2, 0) is 4.74 Å². The van der Waals surface area contributed by atoms with Crippen LogP contribution in [0.25, 0.3) is 0 Å². The molecular formula is C15H32N2O. The third kappa shape index (κ3) is 6.72. The first-order chi connectivity index (χ1) is 8.76. The predicted octanol–water partition coefficient (Wildman–Crippen LogP) is 2.47. The van der Waals surface area contributed by atoms with Crippen LogP contribution in [0, 0.1) is 5.92 Å². The molecule has 1 atom stereocenters. The third-order valence-electron chi connectivity index (χ3n) is 4.11. The van der Waals surface area contributed by atoms with E-state index in [-0.39, 0.29) is 0 Å². The molecule has 0 aliphatic carbocycles. The lowest BCUT2D eigenvalue weighted by Crippen LogP contribution is -2.36. The number of nitrogens with zero attached hydrogens (tertiary/aromatic N) is 2. The van der Waals surface area contributed by atoms with Crippen LogP contribution in [0.5, 0.6) is 0 Å². The summed E-state index contributed by atoms with van der Waals surface area (Å²) < 4.78 is 5.37. The first-order valence-corrected chi connectivity index (χ1v) is 7.78. The van der Waals surface area contributed by atoms with Crippen molar-refractivity contribution < 1.29 is 4.74 Å². The third-order valence-corrected chi connectivity index (χ3v) is 4.11. The van der Waals surface area contributed by atoms with E-state index in [9.17, 15) is 0 Å². The maximum Gasteiger partial charge on any atom is 0.0594 e. The fourth-order valence-electron chi connectivity index (χ4n) is 2.58. The highest BCUT2D eigenvalue weighted by Crippen LogP contribution is 2.12. The van der Waals surface area contributed by atoms with E-state index in [1.54, 1.807) is 0 Å². The Balaban J connectivity index is 2.00. The molecule has 0 aromatic rings. The summed E-state index contributed by atoms with van der Waals surface area (Å²) in [6, 6.07) is 0. The first kappa shape index (κ1) is 15.9. The summed E-state index contributed by atoms with van der Waals surface area (Å²) in [5.41, 5.74) is 0. The van der Waals surface area contributed by atoms with Crippen LogP contribution in [0.15, 0.2) is 0 Å². The van der Waals surface area contributed by atoms with Crippen molar-refractivity contribution in [2.45, 2.75) is 40.0 Å². The number of hydrogen-bond donors (Lipinski definition) is 0. The monoisotopic (exact) mass is 256 g/mol. The van der Waals surface area contributed by atoms with Gasteiger partial charge in [-0.2, -0.15) is 0 Å². The van der Waals surface area contributed by atoms with E-state index in [1.807, 2.05) is 0 Å². The highest BCUT2D eigenvalue weighted by Gasteiger charge is 2.11. The lowest BCUT2D eigenvalue weighted by atomic mass is 10.0. The minimum atomic E-state index is 0.867. The van der Waals surface area contributed by atoms with Gasteiger partial charge in [-0.3, -0.25) is 4.90 Å². The van der Waals surface area contributed by atoms with Crippen LogP contribution in [0.3, 0.4) is 0 Å². The lowest BCUT2D eigenvalue weighted by Gasteiger charge is -2.27. The van der Waals surface area contributed by atoms with Gasteiger partial charge in [-0.1, -0.05) is 20.8 Å². The van der Waals surface area contributed by atoms with Crippen LogP contribution >= 0.6 is 0 Å². The molecule has 3 nitrogen and oxygen atoms in total. The van der Waals surface area contributed by atoms with Crippen molar-refractivity contribution >= 4 is 0 Å². The van der Waals surface area contributed by atoms with Gasteiger partial charge in [0.15, 0.2) is 0 Å². The molecule has 0 radical (unpaired) electrons. The van der Waals surface area contributed by atoms with Crippen LogP contribution < -0.4 is 0 Å². The summed E-state index contributed by atoms with van der Waals surface area (Å²) >= 11 is 0. The van der Waals surface area contributed by atoms with Gasteiger partial charge in [-0.05, 0) is 51.4 Å². The lowest BCUT2D eigenvalue weighted by molar-refractivity contribution is 0.0367. The minimum Gasteiger partial charge on any atom is -0.379 e. The molecule has 1 heterocycles. The Morgan fingerprint density at radius 3 is 2.39 bits per heavy atom. The first-order valence-electron chi connectivity index (χ1n) is 7.78. The number of ether oxygens (including phenoxy) is 1. The van der Waals surface area contributed by atoms with Crippen LogP contribution in [0.4, 0.5) is 0 Å². The molecule has 3 heteroatoms. The molecular weight excluding hydrogens is 224 g/mol. The molecule has 1 aliphatic heterocycles. The van der Waals surface area contributed by atoms with E-state index >= 15 is 0 Å². The second-order valence-electron chi connectivity index (χ2n) is 5.52. The largest absolute Gasteiger partial charge is 0.379 e. The number of rotatable bonds is 9. The zero-order chi connectivity index (χ0) is 13.2. The molecule has 1 rings (SSSR count). The summed E-state index contributed by atoms with van der Waals surface area (Å²) in [6.45, 7) is 16.0. The summed E-state index contributed by atoms with van der Waals surface area (Å²) in [7, 11) is 0.